The first-order chi connectivity index (χ1) is 13.9. The Morgan fingerprint density at radius 1 is 0.455 bits per heavy atom. The van der Waals surface area contributed by atoms with E-state index in [9.17, 15) is 88.2 Å². The van der Waals surface area contributed by atoms with Gasteiger partial charge in [-0.2, -0.15) is 83.4 Å². The Bertz CT molecular complexity index is 737. The lowest BCUT2D eigenvalue weighted by atomic mass is 9.97. The molecule has 0 saturated heterocycles. The molecule has 0 aliphatic carbocycles. The Balaban J connectivity index is 6.40. The zero-order valence-corrected chi connectivity index (χ0v) is 13.9. The lowest BCUT2D eigenvalue weighted by Crippen LogP contribution is -2.71. The van der Waals surface area contributed by atoms with Gasteiger partial charge in [-0.15, -0.1) is 0 Å². The van der Waals surface area contributed by atoms with Crippen LogP contribution in [0.4, 0.5) is 83.4 Å². The number of carboxylic acid groups (broad SMARTS) is 1. The van der Waals surface area contributed by atoms with Crippen LogP contribution < -0.4 is 0 Å². The van der Waals surface area contributed by atoms with Gasteiger partial charge in [-0.3, -0.25) is 0 Å². The number of carboxylic acids is 1. The predicted molar refractivity (Wildman–Crippen MR) is 55.4 cm³/mol. The molecular weight excluding hydrogens is 545 g/mol. The monoisotopic (exact) mass is 546 g/mol. The summed E-state index contributed by atoms with van der Waals surface area (Å²) in [6, 6.07) is 0. The van der Waals surface area contributed by atoms with Gasteiger partial charge in [0, 0.05) is 0 Å². The molecule has 0 aliphatic rings. The highest BCUT2D eigenvalue weighted by atomic mass is 19.4. The maximum Gasteiger partial charge on any atom is 0.460 e. The maximum atomic E-state index is 13.1. The Kier molecular flexibility index (Phi) is 7.34. The van der Waals surface area contributed by atoms with Crippen molar-refractivity contribution in [1.82, 2.24) is 0 Å². The molecule has 0 rings (SSSR count). The minimum Gasteiger partial charge on any atom is -0.475 e. The number of halogens is 19. The second-order valence-corrected chi connectivity index (χ2v) is 5.37. The summed E-state index contributed by atoms with van der Waals surface area (Å²) >= 11 is 0. The van der Waals surface area contributed by atoms with E-state index in [1.165, 1.54) is 4.74 Å². The number of hydrogen-bond donors (Lipinski definition) is 1. The number of alkyl halides is 19. The van der Waals surface area contributed by atoms with Crippen molar-refractivity contribution in [2.24, 2.45) is 0 Å². The van der Waals surface area contributed by atoms with Crippen molar-refractivity contribution < 1.29 is 103 Å². The van der Waals surface area contributed by atoms with Gasteiger partial charge in [-0.25, -0.2) is 14.3 Å². The van der Waals surface area contributed by atoms with Gasteiger partial charge in [-0.05, 0) is 0 Å². The topological polar surface area (TPSA) is 55.8 Å². The second kappa shape index (κ2) is 7.80. The summed E-state index contributed by atoms with van der Waals surface area (Å²) in [5.41, 5.74) is 0. The van der Waals surface area contributed by atoms with Crippen LogP contribution >= 0.6 is 0 Å². The second-order valence-electron chi connectivity index (χ2n) is 5.37. The van der Waals surface area contributed by atoms with Crippen molar-refractivity contribution >= 4 is 5.97 Å². The molecule has 198 valence electrons. The summed E-state index contributed by atoms with van der Waals surface area (Å²) in [6.07, 6.45) is -37.9. The Morgan fingerprint density at radius 2 is 0.758 bits per heavy atom. The molecule has 0 aromatic carbocycles. The smallest absolute Gasteiger partial charge is 0.460 e. The van der Waals surface area contributed by atoms with Crippen molar-refractivity contribution in [2.45, 2.75) is 54.3 Å². The molecule has 0 radical (unpaired) electrons. The fourth-order valence-corrected chi connectivity index (χ4v) is 1.30. The third-order valence-corrected chi connectivity index (χ3v) is 3.01. The van der Waals surface area contributed by atoms with Gasteiger partial charge in [0.15, 0.2) is 0 Å². The van der Waals surface area contributed by atoms with Crippen LogP contribution in [0.3, 0.4) is 0 Å². The molecule has 4 nitrogen and oxygen atoms in total. The molecule has 0 spiro atoms. The first kappa shape index (κ1) is 31.1. The molecule has 0 aliphatic heterocycles. The van der Waals surface area contributed by atoms with Crippen molar-refractivity contribution in [2.75, 3.05) is 0 Å². The van der Waals surface area contributed by atoms with Gasteiger partial charge in [0.2, 0.25) is 0 Å². The molecule has 0 aromatic heterocycles. The van der Waals surface area contributed by atoms with Gasteiger partial charge in [-0.1, -0.05) is 0 Å². The first-order valence-corrected chi connectivity index (χ1v) is 6.58. The van der Waals surface area contributed by atoms with Crippen LogP contribution in [-0.4, -0.2) is 65.4 Å². The Morgan fingerprint density at radius 3 is 1.06 bits per heavy atom. The summed E-state index contributed by atoms with van der Waals surface area (Å²) in [5.74, 6) is -38.2. The highest BCUT2D eigenvalue weighted by molar-refractivity contribution is 5.73. The molecular formula is C10HF19O4. The summed E-state index contributed by atoms with van der Waals surface area (Å²) in [5, 5.41) is 7.66. The van der Waals surface area contributed by atoms with Crippen molar-refractivity contribution in [3.05, 3.63) is 0 Å². The Hall–Kier alpha value is -1.94. The van der Waals surface area contributed by atoms with Crippen LogP contribution in [0.5, 0.6) is 0 Å². The van der Waals surface area contributed by atoms with E-state index in [0.717, 1.165) is 4.74 Å². The zero-order chi connectivity index (χ0) is 27.5. The Labute approximate surface area is 164 Å². The third-order valence-electron chi connectivity index (χ3n) is 3.01. The van der Waals surface area contributed by atoms with Crippen LogP contribution in [-0.2, 0) is 14.3 Å². The van der Waals surface area contributed by atoms with Gasteiger partial charge in [0.1, 0.15) is 0 Å². The molecule has 0 bridgehead atoms. The van der Waals surface area contributed by atoms with Gasteiger partial charge in [0.25, 0.3) is 0 Å². The molecule has 0 unspecified atom stereocenters. The standard InChI is InChI=1S/C10HF19O4/c11-2(12,1(30)31)32-9(26,27)10(28,29)33-8(24,25)6(19,20)4(15,16)3(13,14)5(17,18)7(21,22)23/h(H,30,31). The van der Waals surface area contributed by atoms with Crippen molar-refractivity contribution in [3.8, 4) is 0 Å². The van der Waals surface area contributed by atoms with Gasteiger partial charge < -0.3 is 5.11 Å². The zero-order valence-electron chi connectivity index (χ0n) is 13.9. The fourth-order valence-electron chi connectivity index (χ4n) is 1.30. The molecule has 23 heteroatoms. The molecule has 0 saturated carbocycles. The van der Waals surface area contributed by atoms with Crippen LogP contribution in [0.1, 0.15) is 0 Å². The minimum absolute atomic E-state index is 1.10. The minimum atomic E-state index is -8.74. The van der Waals surface area contributed by atoms with Crippen LogP contribution in [0.15, 0.2) is 0 Å². The predicted octanol–water partition coefficient (Wildman–Crippen LogP) is 5.58. The molecule has 0 amide bonds. The number of rotatable bonds is 10. The van der Waals surface area contributed by atoms with Gasteiger partial charge in [0.05, 0.1) is 0 Å². The van der Waals surface area contributed by atoms with Crippen LogP contribution in [0.2, 0.25) is 0 Å². The maximum absolute atomic E-state index is 13.1. The number of aliphatic carboxylic acids is 1. The summed E-state index contributed by atoms with van der Waals surface area (Å²) < 4.78 is 244. The quantitative estimate of drug-likeness (QED) is 0.364. The van der Waals surface area contributed by atoms with Gasteiger partial charge >= 0.3 is 60.3 Å². The highest BCUT2D eigenvalue weighted by Crippen LogP contribution is 2.61. The SMILES string of the molecule is O=C(O)C(F)(F)OC(F)(F)C(F)(F)OC(F)(F)C(F)(F)C(F)(F)C(F)(F)C(F)(F)C(F)(F)F. The lowest BCUT2D eigenvalue weighted by Gasteiger charge is -2.40. The van der Waals surface area contributed by atoms with E-state index in [4.69, 9.17) is 5.11 Å². The summed E-state index contributed by atoms with van der Waals surface area (Å²) in [4.78, 5) is 9.78. The molecule has 0 atom stereocenters. The molecule has 0 aromatic rings. The lowest BCUT2D eigenvalue weighted by molar-refractivity contribution is -0.540. The molecule has 0 fully saturated rings. The average Bonchev–Trinajstić information content (AvgIpc) is 2.50. The van der Waals surface area contributed by atoms with Crippen molar-refractivity contribution in [1.29, 1.82) is 0 Å². The van der Waals surface area contributed by atoms with E-state index >= 15 is 0 Å². The van der Waals surface area contributed by atoms with E-state index in [1.54, 1.807) is 0 Å². The average molecular weight is 546 g/mol. The van der Waals surface area contributed by atoms with E-state index in [1.807, 2.05) is 0 Å². The van der Waals surface area contributed by atoms with E-state index in [0.29, 0.717) is 0 Å². The summed E-state index contributed by atoms with van der Waals surface area (Å²) in [7, 11) is 0. The summed E-state index contributed by atoms with van der Waals surface area (Å²) in [6.45, 7) is 0. The van der Waals surface area contributed by atoms with Crippen molar-refractivity contribution in [3.63, 3.8) is 0 Å². The normalized spacial score (nSPS) is 16.2. The van der Waals surface area contributed by atoms with E-state index in [-0.39, 0.29) is 0 Å². The molecule has 0 heterocycles. The van der Waals surface area contributed by atoms with Crippen LogP contribution in [0.25, 0.3) is 0 Å². The highest BCUT2D eigenvalue weighted by Gasteiger charge is 2.92. The number of hydrogen-bond acceptors (Lipinski definition) is 3. The fraction of sp³-hybridized carbons (Fsp3) is 0.900. The first-order valence-electron chi connectivity index (χ1n) is 6.58. The largest absolute Gasteiger partial charge is 0.475 e. The molecule has 1 N–H and O–H groups in total. The number of carbonyl (C=O) groups is 1. The van der Waals surface area contributed by atoms with E-state index in [2.05, 4.69) is 0 Å². The third kappa shape index (κ3) is 4.82. The number of ether oxygens (including phenoxy) is 2. The molecule has 33 heavy (non-hydrogen) atoms. The van der Waals surface area contributed by atoms with E-state index < -0.39 is 60.3 Å². The van der Waals surface area contributed by atoms with Crippen LogP contribution in [0, 0.1) is 0 Å².